The Bertz CT molecular complexity index is 1070. The van der Waals surface area contributed by atoms with Crippen molar-refractivity contribution in [3.63, 3.8) is 0 Å². The molecule has 4 rings (SSSR count). The lowest BCUT2D eigenvalue weighted by molar-refractivity contribution is 0.184. The summed E-state index contributed by atoms with van der Waals surface area (Å²) < 4.78 is 16.9. The van der Waals surface area contributed by atoms with Crippen LogP contribution >= 0.6 is 0 Å². The van der Waals surface area contributed by atoms with E-state index < -0.39 is 12.1 Å². The first kappa shape index (κ1) is 17.2. The second-order valence-electron chi connectivity index (χ2n) is 6.38. The summed E-state index contributed by atoms with van der Waals surface area (Å²) in [5, 5.41) is 15.8. The lowest BCUT2D eigenvalue weighted by Crippen LogP contribution is -2.04. The average molecular weight is 358 g/mol. The van der Waals surface area contributed by atoms with Gasteiger partial charge < -0.3 is 5.11 Å². The van der Waals surface area contributed by atoms with E-state index in [1.165, 1.54) is 4.68 Å². The lowest BCUT2D eigenvalue weighted by atomic mass is 9.96. The molecule has 4 heteroatoms. The van der Waals surface area contributed by atoms with Crippen LogP contribution in [-0.4, -0.2) is 14.9 Å². The molecule has 0 amide bonds. The number of rotatable bonds is 5. The Morgan fingerprint density at radius 3 is 2.26 bits per heavy atom. The number of para-hydroxylation sites is 1. The molecule has 27 heavy (non-hydrogen) atoms. The third-order valence-corrected chi connectivity index (χ3v) is 4.62. The molecule has 0 spiro atoms. The molecular formula is C23H19FN2O. The minimum Gasteiger partial charge on any atom is -0.388 e. The van der Waals surface area contributed by atoms with Crippen molar-refractivity contribution in [2.24, 2.45) is 0 Å². The first-order valence-corrected chi connectivity index (χ1v) is 8.84. The molecule has 0 bridgehead atoms. The van der Waals surface area contributed by atoms with Crippen LogP contribution in [0.4, 0.5) is 4.39 Å². The van der Waals surface area contributed by atoms with E-state index in [-0.39, 0.29) is 6.42 Å². The fourth-order valence-electron chi connectivity index (χ4n) is 3.20. The topological polar surface area (TPSA) is 38.0 Å². The van der Waals surface area contributed by atoms with Gasteiger partial charge in [-0.2, -0.15) is 9.49 Å². The van der Waals surface area contributed by atoms with Crippen molar-refractivity contribution < 1.29 is 9.50 Å². The SMILES string of the molecule is OC(CC(=C(F)n1ncc2ccccc21)c1ccccc1)c1ccccc1. The monoisotopic (exact) mass is 358 g/mol. The third-order valence-electron chi connectivity index (χ3n) is 4.62. The first-order valence-electron chi connectivity index (χ1n) is 8.84. The van der Waals surface area contributed by atoms with Gasteiger partial charge in [-0.3, -0.25) is 0 Å². The molecule has 134 valence electrons. The van der Waals surface area contributed by atoms with Crippen molar-refractivity contribution in [3.8, 4) is 0 Å². The smallest absolute Gasteiger partial charge is 0.218 e. The van der Waals surface area contributed by atoms with Gasteiger partial charge in [-0.15, -0.1) is 0 Å². The second-order valence-corrected chi connectivity index (χ2v) is 6.38. The van der Waals surface area contributed by atoms with Crippen LogP contribution in [-0.2, 0) is 0 Å². The average Bonchev–Trinajstić information content (AvgIpc) is 3.17. The second kappa shape index (κ2) is 7.56. The highest BCUT2D eigenvalue weighted by Gasteiger charge is 2.19. The zero-order chi connectivity index (χ0) is 18.6. The van der Waals surface area contributed by atoms with Crippen LogP contribution in [0.1, 0.15) is 23.7 Å². The predicted molar refractivity (Wildman–Crippen MR) is 106 cm³/mol. The number of aromatic nitrogens is 2. The number of benzene rings is 3. The van der Waals surface area contributed by atoms with Gasteiger partial charge in [0.25, 0.3) is 0 Å². The number of aliphatic hydroxyl groups is 1. The van der Waals surface area contributed by atoms with Gasteiger partial charge in [0.2, 0.25) is 5.95 Å². The molecule has 0 fully saturated rings. The van der Waals surface area contributed by atoms with Crippen molar-refractivity contribution in [1.29, 1.82) is 0 Å². The Morgan fingerprint density at radius 1 is 0.889 bits per heavy atom. The van der Waals surface area contributed by atoms with Gasteiger partial charge in [-0.05, 0) is 17.2 Å². The highest BCUT2D eigenvalue weighted by molar-refractivity contribution is 5.87. The Morgan fingerprint density at radius 2 is 1.52 bits per heavy atom. The summed E-state index contributed by atoms with van der Waals surface area (Å²) in [4.78, 5) is 0. The molecule has 1 heterocycles. The van der Waals surface area contributed by atoms with Gasteiger partial charge in [0.05, 0.1) is 17.8 Å². The van der Waals surface area contributed by atoms with E-state index in [0.29, 0.717) is 11.1 Å². The van der Waals surface area contributed by atoms with Crippen LogP contribution in [0.2, 0.25) is 0 Å². The van der Waals surface area contributed by atoms with E-state index in [1.54, 1.807) is 6.20 Å². The van der Waals surface area contributed by atoms with Gasteiger partial charge in [0, 0.05) is 17.4 Å². The van der Waals surface area contributed by atoms with E-state index in [2.05, 4.69) is 5.10 Å². The molecule has 3 aromatic carbocycles. The Labute approximate surface area is 157 Å². The standard InChI is InChI=1S/C23H19FN2O/c24-23(26-21-14-8-7-13-19(21)16-25-26)20(17-9-3-1-4-10-17)15-22(27)18-11-5-2-6-12-18/h1-14,16,22,27H,15H2. The largest absolute Gasteiger partial charge is 0.388 e. The zero-order valence-electron chi connectivity index (χ0n) is 14.7. The predicted octanol–water partition coefficient (Wildman–Crippen LogP) is 5.46. The summed E-state index contributed by atoms with van der Waals surface area (Å²) in [5.41, 5.74) is 2.59. The highest BCUT2D eigenvalue weighted by Crippen LogP contribution is 2.33. The molecule has 1 unspecified atom stereocenters. The molecule has 0 aliphatic heterocycles. The molecule has 1 atom stereocenters. The van der Waals surface area contributed by atoms with E-state index >= 15 is 4.39 Å². The third kappa shape index (κ3) is 3.52. The van der Waals surface area contributed by atoms with E-state index in [0.717, 1.165) is 16.5 Å². The quantitative estimate of drug-likeness (QED) is 0.515. The first-order chi connectivity index (χ1) is 13.2. The number of aliphatic hydroxyl groups excluding tert-OH is 1. The Kier molecular flexibility index (Phi) is 4.81. The van der Waals surface area contributed by atoms with Crippen LogP contribution in [0.5, 0.6) is 0 Å². The van der Waals surface area contributed by atoms with E-state index in [9.17, 15) is 5.11 Å². The van der Waals surface area contributed by atoms with Crippen molar-refractivity contribution in [3.05, 3.63) is 102 Å². The summed E-state index contributed by atoms with van der Waals surface area (Å²) in [5.74, 6) is -0.475. The fourth-order valence-corrected chi connectivity index (χ4v) is 3.20. The molecule has 3 nitrogen and oxygen atoms in total. The fraction of sp³-hybridized carbons (Fsp3) is 0.0870. The van der Waals surface area contributed by atoms with Crippen LogP contribution in [0.3, 0.4) is 0 Å². The maximum absolute atomic E-state index is 15.6. The van der Waals surface area contributed by atoms with Gasteiger partial charge >= 0.3 is 0 Å². The van der Waals surface area contributed by atoms with Crippen molar-refractivity contribution in [1.82, 2.24) is 9.78 Å². The van der Waals surface area contributed by atoms with Crippen LogP contribution < -0.4 is 0 Å². The maximum atomic E-state index is 15.6. The molecule has 1 N–H and O–H groups in total. The van der Waals surface area contributed by atoms with Crippen LogP contribution in [0.25, 0.3) is 22.4 Å². The normalized spacial score (nSPS) is 13.4. The summed E-state index contributed by atoms with van der Waals surface area (Å²) in [6.45, 7) is 0. The molecule has 0 saturated carbocycles. The molecular weight excluding hydrogens is 339 g/mol. The number of hydrogen-bond donors (Lipinski definition) is 1. The van der Waals surface area contributed by atoms with Gasteiger partial charge in [-0.25, -0.2) is 4.68 Å². The molecule has 0 saturated heterocycles. The van der Waals surface area contributed by atoms with Gasteiger partial charge in [0.1, 0.15) is 0 Å². The molecule has 0 radical (unpaired) electrons. The number of nitrogens with zero attached hydrogens (tertiary/aromatic N) is 2. The molecule has 1 aromatic heterocycles. The molecule has 0 aliphatic carbocycles. The van der Waals surface area contributed by atoms with E-state index in [1.807, 2.05) is 84.9 Å². The number of fused-ring (bicyclic) bond motifs is 1. The van der Waals surface area contributed by atoms with Crippen molar-refractivity contribution in [2.75, 3.05) is 0 Å². The van der Waals surface area contributed by atoms with Gasteiger partial charge in [-0.1, -0.05) is 78.9 Å². The van der Waals surface area contributed by atoms with Gasteiger partial charge in [0.15, 0.2) is 0 Å². The Balaban J connectivity index is 1.81. The number of halogens is 1. The maximum Gasteiger partial charge on any atom is 0.218 e. The van der Waals surface area contributed by atoms with Crippen LogP contribution in [0, 0.1) is 0 Å². The van der Waals surface area contributed by atoms with Crippen LogP contribution in [0.15, 0.2) is 91.1 Å². The minimum atomic E-state index is -0.811. The van der Waals surface area contributed by atoms with E-state index in [4.69, 9.17) is 0 Å². The Hall–Kier alpha value is -3.24. The zero-order valence-corrected chi connectivity index (χ0v) is 14.7. The van der Waals surface area contributed by atoms with Crippen molar-refractivity contribution >= 4 is 22.4 Å². The van der Waals surface area contributed by atoms with Crippen molar-refractivity contribution in [2.45, 2.75) is 12.5 Å². The highest BCUT2D eigenvalue weighted by atomic mass is 19.1. The number of hydrogen-bond acceptors (Lipinski definition) is 2. The summed E-state index contributed by atoms with van der Waals surface area (Å²) >= 11 is 0. The molecule has 0 aliphatic rings. The summed E-state index contributed by atoms with van der Waals surface area (Å²) in [6.07, 6.45) is 0.980. The summed E-state index contributed by atoms with van der Waals surface area (Å²) in [7, 11) is 0. The minimum absolute atomic E-state index is 0.147. The summed E-state index contributed by atoms with van der Waals surface area (Å²) in [6, 6.07) is 26.1. The lowest BCUT2D eigenvalue weighted by Gasteiger charge is -2.16. The molecule has 4 aromatic rings.